The lowest BCUT2D eigenvalue weighted by molar-refractivity contribution is -0.161. The molecule has 3 nitrogen and oxygen atoms in total. The van der Waals surface area contributed by atoms with Gasteiger partial charge in [0.25, 0.3) is 0 Å². The van der Waals surface area contributed by atoms with Crippen molar-refractivity contribution >= 4 is 5.97 Å². The highest BCUT2D eigenvalue weighted by molar-refractivity contribution is 5.75. The van der Waals surface area contributed by atoms with E-state index >= 15 is 0 Å². The summed E-state index contributed by atoms with van der Waals surface area (Å²) in [4.78, 5) is 11.7. The average molecular weight is 212 g/mol. The summed E-state index contributed by atoms with van der Waals surface area (Å²) in [6.07, 6.45) is 6.20. The number of carbonyl (C=O) groups excluding carboxylic acids is 1. The summed E-state index contributed by atoms with van der Waals surface area (Å²) < 4.78 is 10.8. The van der Waals surface area contributed by atoms with Crippen molar-refractivity contribution in [1.82, 2.24) is 0 Å². The summed E-state index contributed by atoms with van der Waals surface area (Å²) in [5.74, 6) is 0.563. The molecule has 0 aromatic carbocycles. The minimum atomic E-state index is -0.276. The predicted molar refractivity (Wildman–Crippen MR) is 56.5 cm³/mol. The molecule has 86 valence electrons. The first-order chi connectivity index (χ1) is 7.25. The van der Waals surface area contributed by atoms with E-state index in [0.717, 1.165) is 25.7 Å². The first-order valence-electron chi connectivity index (χ1n) is 6.08. The van der Waals surface area contributed by atoms with Crippen LogP contribution in [0.4, 0.5) is 0 Å². The van der Waals surface area contributed by atoms with Crippen LogP contribution in [0.5, 0.6) is 0 Å². The molecule has 1 saturated heterocycles. The van der Waals surface area contributed by atoms with Crippen molar-refractivity contribution in [3.63, 3.8) is 0 Å². The van der Waals surface area contributed by atoms with Gasteiger partial charge in [0.15, 0.2) is 6.10 Å². The van der Waals surface area contributed by atoms with Crippen molar-refractivity contribution in [2.75, 3.05) is 6.61 Å². The lowest BCUT2D eigenvalue weighted by Crippen LogP contribution is -2.30. The average Bonchev–Trinajstić information content (AvgIpc) is 2.70. The Morgan fingerprint density at radius 2 is 2.13 bits per heavy atom. The van der Waals surface area contributed by atoms with Crippen molar-refractivity contribution in [2.24, 2.45) is 5.92 Å². The third-order valence-corrected chi connectivity index (χ3v) is 3.36. The van der Waals surface area contributed by atoms with Crippen LogP contribution in [0.2, 0.25) is 0 Å². The van der Waals surface area contributed by atoms with Crippen LogP contribution in [0.15, 0.2) is 0 Å². The van der Waals surface area contributed by atoms with E-state index in [1.807, 2.05) is 0 Å². The van der Waals surface area contributed by atoms with Crippen molar-refractivity contribution < 1.29 is 14.3 Å². The maximum absolute atomic E-state index is 11.7. The molecule has 2 rings (SSSR count). The molecule has 2 aliphatic rings. The van der Waals surface area contributed by atoms with Crippen LogP contribution in [0.1, 0.15) is 45.4 Å². The van der Waals surface area contributed by atoms with Gasteiger partial charge in [-0.25, -0.2) is 4.79 Å². The van der Waals surface area contributed by atoms with Gasteiger partial charge in [-0.3, -0.25) is 0 Å². The topological polar surface area (TPSA) is 35.5 Å². The standard InChI is InChI=1S/C12H20O3/c1-9-4-2-5-10(8-9)15-12(13)11-6-3-7-14-11/h9-11H,2-8H2,1H3. The van der Waals surface area contributed by atoms with Crippen LogP contribution in [0, 0.1) is 5.92 Å². The largest absolute Gasteiger partial charge is 0.460 e. The van der Waals surface area contributed by atoms with Gasteiger partial charge in [-0.2, -0.15) is 0 Å². The number of carbonyl (C=O) groups is 1. The lowest BCUT2D eigenvalue weighted by Gasteiger charge is -2.27. The molecule has 2 fully saturated rings. The molecule has 0 aromatic heterocycles. The molecule has 0 amide bonds. The van der Waals surface area contributed by atoms with Crippen LogP contribution in [-0.2, 0) is 14.3 Å². The molecule has 0 bridgehead atoms. The molecule has 0 radical (unpaired) electrons. The van der Waals surface area contributed by atoms with Crippen LogP contribution >= 0.6 is 0 Å². The summed E-state index contributed by atoms with van der Waals surface area (Å²) >= 11 is 0. The Hall–Kier alpha value is -0.570. The zero-order valence-corrected chi connectivity index (χ0v) is 9.41. The molecule has 0 aromatic rings. The highest BCUT2D eigenvalue weighted by atomic mass is 16.6. The number of rotatable bonds is 2. The molecule has 15 heavy (non-hydrogen) atoms. The minimum absolute atomic E-state index is 0.133. The number of hydrogen-bond acceptors (Lipinski definition) is 3. The molecule has 0 N–H and O–H groups in total. The van der Waals surface area contributed by atoms with E-state index in [1.165, 1.54) is 12.8 Å². The van der Waals surface area contributed by atoms with Gasteiger partial charge in [0.05, 0.1) is 0 Å². The van der Waals surface area contributed by atoms with Gasteiger partial charge in [0.2, 0.25) is 0 Å². The lowest BCUT2D eigenvalue weighted by atomic mass is 9.89. The van der Waals surface area contributed by atoms with E-state index in [2.05, 4.69) is 6.92 Å². The van der Waals surface area contributed by atoms with Crippen LogP contribution in [0.25, 0.3) is 0 Å². The maximum Gasteiger partial charge on any atom is 0.335 e. The van der Waals surface area contributed by atoms with E-state index in [4.69, 9.17) is 9.47 Å². The Bertz CT molecular complexity index is 221. The Balaban J connectivity index is 1.77. The molecule has 1 heterocycles. The van der Waals surface area contributed by atoms with Crippen LogP contribution in [-0.4, -0.2) is 24.8 Å². The summed E-state index contributed by atoms with van der Waals surface area (Å²) in [5.41, 5.74) is 0. The van der Waals surface area contributed by atoms with E-state index < -0.39 is 0 Å². The van der Waals surface area contributed by atoms with Gasteiger partial charge >= 0.3 is 5.97 Å². The minimum Gasteiger partial charge on any atom is -0.460 e. The highest BCUT2D eigenvalue weighted by Gasteiger charge is 2.29. The molecule has 3 atom stereocenters. The number of ether oxygens (including phenoxy) is 2. The summed E-state index contributed by atoms with van der Waals surface area (Å²) in [7, 11) is 0. The first-order valence-corrected chi connectivity index (χ1v) is 6.08. The van der Waals surface area contributed by atoms with E-state index in [0.29, 0.717) is 12.5 Å². The zero-order chi connectivity index (χ0) is 10.7. The van der Waals surface area contributed by atoms with Crippen molar-refractivity contribution in [3.05, 3.63) is 0 Å². The number of hydrogen-bond donors (Lipinski definition) is 0. The Labute approximate surface area is 91.1 Å². The fourth-order valence-electron chi connectivity index (χ4n) is 2.49. The van der Waals surface area contributed by atoms with Gasteiger partial charge in [-0.15, -0.1) is 0 Å². The van der Waals surface area contributed by atoms with Gasteiger partial charge in [0, 0.05) is 6.61 Å². The molecule has 1 aliphatic carbocycles. The summed E-state index contributed by atoms with van der Waals surface area (Å²) in [6.45, 7) is 2.94. The highest BCUT2D eigenvalue weighted by Crippen LogP contribution is 2.26. The molecular weight excluding hydrogens is 192 g/mol. The van der Waals surface area contributed by atoms with Gasteiger partial charge in [-0.1, -0.05) is 13.3 Å². The van der Waals surface area contributed by atoms with Gasteiger partial charge in [0.1, 0.15) is 6.10 Å². The summed E-state index contributed by atoms with van der Waals surface area (Å²) in [6, 6.07) is 0. The van der Waals surface area contributed by atoms with Crippen molar-refractivity contribution in [1.29, 1.82) is 0 Å². The van der Waals surface area contributed by atoms with Gasteiger partial charge < -0.3 is 9.47 Å². The van der Waals surface area contributed by atoms with Crippen LogP contribution < -0.4 is 0 Å². The quantitative estimate of drug-likeness (QED) is 0.659. The molecule has 1 saturated carbocycles. The zero-order valence-electron chi connectivity index (χ0n) is 9.41. The third-order valence-electron chi connectivity index (χ3n) is 3.36. The fraction of sp³-hybridized carbons (Fsp3) is 0.917. The second-order valence-corrected chi connectivity index (χ2v) is 4.83. The first kappa shape index (κ1) is 10.9. The van der Waals surface area contributed by atoms with E-state index in [-0.39, 0.29) is 18.2 Å². The third kappa shape index (κ3) is 2.94. The van der Waals surface area contributed by atoms with Crippen molar-refractivity contribution in [2.45, 2.75) is 57.7 Å². The Morgan fingerprint density at radius 1 is 1.27 bits per heavy atom. The Kier molecular flexibility index (Phi) is 3.62. The van der Waals surface area contributed by atoms with E-state index in [9.17, 15) is 4.79 Å². The molecule has 0 spiro atoms. The molecule has 3 heteroatoms. The molecule has 3 unspecified atom stereocenters. The molecule has 1 aliphatic heterocycles. The van der Waals surface area contributed by atoms with Crippen molar-refractivity contribution in [3.8, 4) is 0 Å². The smallest absolute Gasteiger partial charge is 0.335 e. The van der Waals surface area contributed by atoms with Gasteiger partial charge in [-0.05, 0) is 38.0 Å². The normalized spacial score (nSPS) is 36.5. The predicted octanol–water partition coefficient (Wildman–Crippen LogP) is 2.29. The monoisotopic (exact) mass is 212 g/mol. The molecular formula is C12H20O3. The SMILES string of the molecule is CC1CCCC(OC(=O)C2CCCO2)C1. The maximum atomic E-state index is 11.7. The summed E-state index contributed by atoms with van der Waals surface area (Å²) in [5, 5.41) is 0. The second-order valence-electron chi connectivity index (χ2n) is 4.83. The Morgan fingerprint density at radius 3 is 2.80 bits per heavy atom. The fourth-order valence-corrected chi connectivity index (χ4v) is 2.49. The van der Waals surface area contributed by atoms with Crippen LogP contribution in [0.3, 0.4) is 0 Å². The van der Waals surface area contributed by atoms with E-state index in [1.54, 1.807) is 0 Å². The second kappa shape index (κ2) is 4.97. The number of esters is 1.